The fourth-order valence-corrected chi connectivity index (χ4v) is 14.4. The lowest BCUT2D eigenvalue weighted by atomic mass is 9.79. The van der Waals surface area contributed by atoms with Gasteiger partial charge in [0.2, 0.25) is 0 Å². The van der Waals surface area contributed by atoms with E-state index in [4.69, 9.17) is 0 Å². The largest absolute Gasteiger partial charge is 0.0622 e. The Morgan fingerprint density at radius 2 is 0.354 bits per heavy atom. The average molecular weight is 1040 g/mol. The predicted molar refractivity (Wildman–Crippen MR) is 349 cm³/mol. The molecule has 15 aromatic carbocycles. The first-order valence-corrected chi connectivity index (χ1v) is 28.6. The molecule has 0 aromatic heterocycles. The average Bonchev–Trinajstić information content (AvgIpc) is 2.09. The molecule has 378 valence electrons. The molecule has 0 amide bonds. The molecule has 2 aliphatic rings. The van der Waals surface area contributed by atoms with Crippen LogP contribution in [-0.2, 0) is 0 Å². The van der Waals surface area contributed by atoms with Crippen LogP contribution in [0.15, 0.2) is 303 Å². The minimum Gasteiger partial charge on any atom is -0.0622 e. The summed E-state index contributed by atoms with van der Waals surface area (Å²) < 4.78 is 0. The molecule has 0 spiro atoms. The van der Waals surface area contributed by atoms with Gasteiger partial charge in [-0.1, -0.05) is 291 Å². The molecular weight excluding hydrogens is 985 g/mol. The van der Waals surface area contributed by atoms with Gasteiger partial charge in [-0.15, -0.1) is 0 Å². The molecule has 17 rings (SSSR count). The van der Waals surface area contributed by atoms with Crippen LogP contribution < -0.4 is 0 Å². The van der Waals surface area contributed by atoms with Crippen molar-refractivity contribution in [1.82, 2.24) is 0 Å². The Kier molecular flexibility index (Phi) is 10.4. The normalized spacial score (nSPS) is 11.9. The highest BCUT2D eigenvalue weighted by atomic mass is 14.4. The molecule has 82 heavy (non-hydrogen) atoms. The summed E-state index contributed by atoms with van der Waals surface area (Å²) in [7, 11) is 0. The third-order valence-corrected chi connectivity index (χ3v) is 17.8. The monoisotopic (exact) mass is 1030 g/mol. The lowest BCUT2D eigenvalue weighted by Crippen LogP contribution is -1.96. The molecule has 0 N–H and O–H groups in total. The Balaban J connectivity index is 0.998. The predicted octanol–water partition coefficient (Wildman–Crippen LogP) is 22.9. The van der Waals surface area contributed by atoms with Crippen molar-refractivity contribution in [2.75, 3.05) is 0 Å². The van der Waals surface area contributed by atoms with Crippen molar-refractivity contribution < 1.29 is 0 Å². The molecule has 0 bridgehead atoms. The molecule has 0 radical (unpaired) electrons. The molecule has 0 atom stereocenters. The molecule has 0 fully saturated rings. The zero-order valence-electron chi connectivity index (χ0n) is 44.9. The number of rotatable bonds is 8. The van der Waals surface area contributed by atoms with Crippen LogP contribution in [0.3, 0.4) is 0 Å². The first-order valence-electron chi connectivity index (χ1n) is 28.6. The van der Waals surface area contributed by atoms with Crippen LogP contribution in [0.5, 0.6) is 0 Å². The van der Waals surface area contributed by atoms with Crippen molar-refractivity contribution in [2.45, 2.75) is 0 Å². The highest BCUT2D eigenvalue weighted by molar-refractivity contribution is 6.34. The van der Waals surface area contributed by atoms with Gasteiger partial charge < -0.3 is 0 Å². The highest BCUT2D eigenvalue weighted by Crippen LogP contribution is 2.63. The summed E-state index contributed by atoms with van der Waals surface area (Å²) in [5, 5.41) is 10.1. The van der Waals surface area contributed by atoms with E-state index in [0.29, 0.717) is 0 Å². The lowest BCUT2D eigenvalue weighted by molar-refractivity contribution is 1.58. The standard InChI is InChI=1S/C82H50/c1-5-25-51(26-6-1)55-33-13-17-37-59(55)75-63-41-21-22-42-64(63)76(60-38-18-14-34-56(60)52-27-7-2-8-28-52)74-50-72-68-46-48-70-80-69(47-45-67(77(68)80)71(72)49-73(74)75)81-78(61-39-19-15-35-57(61)53-29-9-3-10-30-53)65-43-23-24-44-66(65)79(82(70)81)62-40-20-16-36-58(62)54-31-11-4-12-32-54/h1-50H. The summed E-state index contributed by atoms with van der Waals surface area (Å²) in [6, 6.07) is 113. The minimum atomic E-state index is 1.20. The van der Waals surface area contributed by atoms with Crippen molar-refractivity contribution in [2.24, 2.45) is 0 Å². The van der Waals surface area contributed by atoms with Crippen LogP contribution in [0.25, 0.3) is 177 Å². The maximum absolute atomic E-state index is 2.57. The third kappa shape index (κ3) is 6.86. The smallest absolute Gasteiger partial charge is 0.000718 e. The van der Waals surface area contributed by atoms with Gasteiger partial charge in [-0.2, -0.15) is 0 Å². The van der Waals surface area contributed by atoms with E-state index in [1.165, 1.54) is 177 Å². The second-order valence-corrected chi connectivity index (χ2v) is 22.0. The molecule has 0 aliphatic heterocycles. The van der Waals surface area contributed by atoms with Crippen LogP contribution in [0.2, 0.25) is 0 Å². The van der Waals surface area contributed by atoms with Crippen molar-refractivity contribution in [3.05, 3.63) is 303 Å². The van der Waals surface area contributed by atoms with E-state index in [1.807, 2.05) is 0 Å². The van der Waals surface area contributed by atoms with Gasteiger partial charge in [0.15, 0.2) is 0 Å². The topological polar surface area (TPSA) is 0 Å². The van der Waals surface area contributed by atoms with E-state index in [0.717, 1.165) is 0 Å². The Morgan fingerprint density at radius 3 is 0.671 bits per heavy atom. The Hall–Kier alpha value is -10.7. The molecule has 0 heteroatoms. The van der Waals surface area contributed by atoms with Gasteiger partial charge in [-0.05, 0) is 189 Å². The molecule has 0 saturated heterocycles. The second-order valence-electron chi connectivity index (χ2n) is 22.0. The first kappa shape index (κ1) is 46.3. The van der Waals surface area contributed by atoms with Crippen molar-refractivity contribution in [3.8, 4) is 134 Å². The van der Waals surface area contributed by atoms with E-state index in [9.17, 15) is 0 Å². The van der Waals surface area contributed by atoms with Crippen molar-refractivity contribution >= 4 is 43.1 Å². The first-order chi connectivity index (χ1) is 40.8. The molecule has 0 nitrogen and oxygen atoms in total. The fraction of sp³-hybridized carbons (Fsp3) is 0. The second kappa shape index (κ2) is 18.5. The number of benzene rings is 15. The van der Waals surface area contributed by atoms with Gasteiger partial charge in [0.05, 0.1) is 0 Å². The number of fused-ring (bicyclic) bond motifs is 9. The van der Waals surface area contributed by atoms with Crippen LogP contribution in [-0.4, -0.2) is 0 Å². The zero-order valence-corrected chi connectivity index (χ0v) is 44.9. The minimum absolute atomic E-state index is 1.20. The summed E-state index contributed by atoms with van der Waals surface area (Å²) in [6.07, 6.45) is 0. The SMILES string of the molecule is c1ccc(-c2ccccc2-c2c3c(c(-c4ccccc4-c4ccccc4)c4ccccc24)-c2ccc4c5c(ccc-3c25)-c2cc3c(-c5ccccc5-c5ccccc5)c5ccccc5c(-c5ccccc5-c5ccccc5)c3cc2-4)cc1. The quantitative estimate of drug-likeness (QED) is 0.133. The summed E-state index contributed by atoms with van der Waals surface area (Å²) in [5.74, 6) is 0. The van der Waals surface area contributed by atoms with Crippen LogP contribution in [0, 0.1) is 0 Å². The zero-order chi connectivity index (χ0) is 53.8. The van der Waals surface area contributed by atoms with Crippen LogP contribution in [0.4, 0.5) is 0 Å². The lowest BCUT2D eigenvalue weighted by Gasteiger charge is -2.23. The molecule has 0 unspecified atom stereocenters. The molecule has 2 aliphatic carbocycles. The van der Waals surface area contributed by atoms with E-state index >= 15 is 0 Å². The molecule has 0 heterocycles. The molecular formula is C82H50. The Morgan fingerprint density at radius 1 is 0.122 bits per heavy atom. The summed E-state index contributed by atoms with van der Waals surface area (Å²) in [6.45, 7) is 0. The van der Waals surface area contributed by atoms with E-state index in [1.54, 1.807) is 0 Å². The summed E-state index contributed by atoms with van der Waals surface area (Å²) in [5.41, 5.74) is 29.9. The van der Waals surface area contributed by atoms with E-state index < -0.39 is 0 Å². The summed E-state index contributed by atoms with van der Waals surface area (Å²) in [4.78, 5) is 0. The third-order valence-electron chi connectivity index (χ3n) is 17.8. The number of hydrogen-bond acceptors (Lipinski definition) is 0. The maximum atomic E-state index is 2.57. The maximum Gasteiger partial charge on any atom is -0.000718 e. The van der Waals surface area contributed by atoms with Gasteiger partial charge in [-0.25, -0.2) is 0 Å². The highest BCUT2D eigenvalue weighted by Gasteiger charge is 2.36. The van der Waals surface area contributed by atoms with E-state index in [-0.39, 0.29) is 0 Å². The number of hydrogen-bond donors (Lipinski definition) is 0. The Bertz CT molecular complexity index is 4790. The fourth-order valence-electron chi connectivity index (χ4n) is 14.4. The molecule has 15 aromatic rings. The van der Waals surface area contributed by atoms with Crippen LogP contribution >= 0.6 is 0 Å². The summed E-state index contributed by atoms with van der Waals surface area (Å²) >= 11 is 0. The van der Waals surface area contributed by atoms with E-state index in [2.05, 4.69) is 303 Å². The van der Waals surface area contributed by atoms with Crippen molar-refractivity contribution in [3.63, 3.8) is 0 Å². The van der Waals surface area contributed by atoms with Gasteiger partial charge in [0, 0.05) is 0 Å². The van der Waals surface area contributed by atoms with Gasteiger partial charge >= 0.3 is 0 Å². The van der Waals surface area contributed by atoms with Gasteiger partial charge in [0.1, 0.15) is 0 Å². The van der Waals surface area contributed by atoms with Crippen molar-refractivity contribution in [1.29, 1.82) is 0 Å². The van der Waals surface area contributed by atoms with Gasteiger partial charge in [-0.3, -0.25) is 0 Å². The van der Waals surface area contributed by atoms with Crippen LogP contribution in [0.1, 0.15) is 0 Å². The molecule has 0 saturated carbocycles. The Labute approximate surface area is 477 Å². The van der Waals surface area contributed by atoms with Gasteiger partial charge in [0.25, 0.3) is 0 Å².